The predicted octanol–water partition coefficient (Wildman–Crippen LogP) is 2.61. The standard InChI is InChI=1S/C18H27F3N4O2S.HI/c1-15(18(19,20)21)24-10-12-25(13-11-24)17(22-2)23-9-6-14-28(26,27)16-7-4-3-5-8-16;/h3-5,7-8,15H,6,9-14H2,1-2H3,(H,22,23);1H. The number of halogens is 4. The van der Waals surface area contributed by atoms with Gasteiger partial charge < -0.3 is 10.2 Å². The number of nitrogens with one attached hydrogen (secondary N) is 1. The van der Waals surface area contributed by atoms with Crippen LogP contribution in [0.5, 0.6) is 0 Å². The third kappa shape index (κ3) is 7.59. The SMILES string of the molecule is CN=C(NCCCS(=O)(=O)c1ccccc1)N1CCN(C(C)C(F)(F)F)CC1.I. The highest BCUT2D eigenvalue weighted by Crippen LogP contribution is 2.25. The molecule has 11 heteroatoms. The van der Waals surface area contributed by atoms with Crippen molar-refractivity contribution in [2.24, 2.45) is 4.99 Å². The average molecular weight is 548 g/mol. The third-order valence-corrected chi connectivity index (χ3v) is 6.64. The lowest BCUT2D eigenvalue weighted by Crippen LogP contribution is -2.56. The molecule has 0 aromatic heterocycles. The molecule has 1 heterocycles. The van der Waals surface area contributed by atoms with Gasteiger partial charge in [-0.1, -0.05) is 18.2 Å². The molecule has 1 aliphatic rings. The Labute approximate surface area is 187 Å². The Morgan fingerprint density at radius 1 is 1.17 bits per heavy atom. The second kappa shape index (κ2) is 11.3. The molecule has 1 fully saturated rings. The van der Waals surface area contributed by atoms with Crippen molar-refractivity contribution in [1.82, 2.24) is 15.1 Å². The van der Waals surface area contributed by atoms with E-state index in [1.54, 1.807) is 37.4 Å². The van der Waals surface area contributed by atoms with Gasteiger partial charge in [-0.15, -0.1) is 24.0 Å². The Balaban J connectivity index is 0.00000420. The van der Waals surface area contributed by atoms with E-state index >= 15 is 0 Å². The summed E-state index contributed by atoms with van der Waals surface area (Å²) in [6, 6.07) is 6.82. The maximum absolute atomic E-state index is 12.8. The fraction of sp³-hybridized carbons (Fsp3) is 0.611. The Morgan fingerprint density at radius 2 is 1.76 bits per heavy atom. The molecule has 1 N–H and O–H groups in total. The topological polar surface area (TPSA) is 65.0 Å². The largest absolute Gasteiger partial charge is 0.403 e. The third-order valence-electron chi connectivity index (χ3n) is 4.82. The Bertz CT molecular complexity index is 752. The summed E-state index contributed by atoms with van der Waals surface area (Å²) in [5.41, 5.74) is 0. The van der Waals surface area contributed by atoms with E-state index in [9.17, 15) is 21.6 Å². The lowest BCUT2D eigenvalue weighted by Gasteiger charge is -2.39. The molecular weight excluding hydrogens is 520 g/mol. The molecular formula is C18H28F3IN4O2S. The van der Waals surface area contributed by atoms with Crippen LogP contribution in [0.2, 0.25) is 0 Å². The van der Waals surface area contributed by atoms with E-state index in [2.05, 4.69) is 10.3 Å². The zero-order valence-corrected chi connectivity index (χ0v) is 19.7. The number of piperazine rings is 1. The highest BCUT2D eigenvalue weighted by Gasteiger charge is 2.41. The van der Waals surface area contributed by atoms with E-state index in [1.807, 2.05) is 4.90 Å². The summed E-state index contributed by atoms with van der Waals surface area (Å²) in [6.45, 7) is 3.05. The van der Waals surface area contributed by atoms with E-state index in [0.717, 1.165) is 0 Å². The van der Waals surface area contributed by atoms with Crippen LogP contribution in [0.1, 0.15) is 13.3 Å². The smallest absolute Gasteiger partial charge is 0.356 e. The molecule has 0 saturated carbocycles. The lowest BCUT2D eigenvalue weighted by molar-refractivity contribution is -0.181. The molecule has 0 spiro atoms. The van der Waals surface area contributed by atoms with Crippen molar-refractivity contribution < 1.29 is 21.6 Å². The van der Waals surface area contributed by atoms with Gasteiger partial charge in [-0.3, -0.25) is 9.89 Å². The van der Waals surface area contributed by atoms with Gasteiger partial charge in [-0.05, 0) is 25.5 Å². The summed E-state index contributed by atoms with van der Waals surface area (Å²) in [4.78, 5) is 7.77. The summed E-state index contributed by atoms with van der Waals surface area (Å²) < 4.78 is 63.0. The van der Waals surface area contributed by atoms with Crippen LogP contribution in [0, 0.1) is 0 Å². The van der Waals surface area contributed by atoms with Crippen LogP contribution in [-0.4, -0.2) is 81.9 Å². The summed E-state index contributed by atoms with van der Waals surface area (Å²) in [5.74, 6) is 0.592. The number of nitrogens with zero attached hydrogens (tertiary/aromatic N) is 3. The van der Waals surface area contributed by atoms with Gasteiger partial charge in [0.1, 0.15) is 6.04 Å². The normalized spacial score (nSPS) is 17.6. The number of rotatable bonds is 6. The van der Waals surface area contributed by atoms with Gasteiger partial charge in [0.2, 0.25) is 0 Å². The number of hydrogen-bond acceptors (Lipinski definition) is 4. The summed E-state index contributed by atoms with van der Waals surface area (Å²) in [7, 11) is -1.72. The second-order valence-electron chi connectivity index (χ2n) is 6.70. The highest BCUT2D eigenvalue weighted by molar-refractivity contribution is 14.0. The van der Waals surface area contributed by atoms with Crippen molar-refractivity contribution >= 4 is 39.8 Å². The number of guanidine groups is 1. The number of hydrogen-bond donors (Lipinski definition) is 1. The van der Waals surface area contributed by atoms with Crippen LogP contribution in [0.15, 0.2) is 40.2 Å². The van der Waals surface area contributed by atoms with E-state index < -0.39 is 22.1 Å². The fourth-order valence-electron chi connectivity index (χ4n) is 3.07. The van der Waals surface area contributed by atoms with Crippen molar-refractivity contribution in [1.29, 1.82) is 0 Å². The van der Waals surface area contributed by atoms with Gasteiger partial charge in [0, 0.05) is 39.8 Å². The first kappa shape index (κ1) is 26.0. The minimum Gasteiger partial charge on any atom is -0.356 e. The first-order valence-corrected chi connectivity index (χ1v) is 10.8. The molecule has 0 amide bonds. The summed E-state index contributed by atoms with van der Waals surface area (Å²) in [5, 5.41) is 3.11. The second-order valence-corrected chi connectivity index (χ2v) is 8.81. The van der Waals surface area contributed by atoms with Crippen LogP contribution in [-0.2, 0) is 9.84 Å². The van der Waals surface area contributed by atoms with Crippen molar-refractivity contribution in [3.63, 3.8) is 0 Å². The molecule has 1 atom stereocenters. The van der Waals surface area contributed by atoms with Gasteiger partial charge in [0.15, 0.2) is 15.8 Å². The van der Waals surface area contributed by atoms with Crippen molar-refractivity contribution in [3.05, 3.63) is 30.3 Å². The van der Waals surface area contributed by atoms with Gasteiger partial charge in [-0.25, -0.2) is 8.42 Å². The van der Waals surface area contributed by atoms with Crippen molar-refractivity contribution in [2.45, 2.75) is 30.5 Å². The molecule has 1 aromatic carbocycles. The molecule has 1 aromatic rings. The number of alkyl halides is 3. The van der Waals surface area contributed by atoms with Crippen LogP contribution in [0.3, 0.4) is 0 Å². The zero-order chi connectivity index (χ0) is 20.8. The number of sulfone groups is 1. The number of aliphatic imine (C=N–C) groups is 1. The van der Waals surface area contributed by atoms with Crippen LogP contribution in [0.25, 0.3) is 0 Å². The Kier molecular flexibility index (Phi) is 10.2. The number of benzene rings is 1. The maximum atomic E-state index is 12.8. The monoisotopic (exact) mass is 548 g/mol. The van der Waals surface area contributed by atoms with E-state index in [4.69, 9.17) is 0 Å². The summed E-state index contributed by atoms with van der Waals surface area (Å²) in [6.07, 6.45) is -3.83. The van der Waals surface area contributed by atoms with Crippen molar-refractivity contribution in [2.75, 3.05) is 45.5 Å². The maximum Gasteiger partial charge on any atom is 0.403 e. The van der Waals surface area contributed by atoms with Gasteiger partial charge in [0.25, 0.3) is 0 Å². The first-order chi connectivity index (χ1) is 13.1. The molecule has 2 rings (SSSR count). The highest BCUT2D eigenvalue weighted by atomic mass is 127. The Hall–Kier alpha value is -1.08. The molecule has 0 radical (unpaired) electrons. The quantitative estimate of drug-likeness (QED) is 0.257. The van der Waals surface area contributed by atoms with Gasteiger partial charge in [0.05, 0.1) is 10.6 Å². The van der Waals surface area contributed by atoms with Crippen LogP contribution < -0.4 is 5.32 Å². The zero-order valence-electron chi connectivity index (χ0n) is 16.5. The lowest BCUT2D eigenvalue weighted by atomic mass is 10.2. The predicted molar refractivity (Wildman–Crippen MR) is 119 cm³/mol. The average Bonchev–Trinajstić information content (AvgIpc) is 2.68. The molecule has 29 heavy (non-hydrogen) atoms. The fourth-order valence-corrected chi connectivity index (χ4v) is 4.40. The molecule has 166 valence electrons. The van der Waals surface area contributed by atoms with E-state index in [0.29, 0.717) is 50.0 Å². The minimum absolute atomic E-state index is 0. The van der Waals surface area contributed by atoms with Crippen LogP contribution >= 0.6 is 24.0 Å². The Morgan fingerprint density at radius 3 is 2.28 bits per heavy atom. The first-order valence-electron chi connectivity index (χ1n) is 9.19. The molecule has 1 saturated heterocycles. The van der Waals surface area contributed by atoms with E-state index in [-0.39, 0.29) is 29.7 Å². The summed E-state index contributed by atoms with van der Waals surface area (Å²) >= 11 is 0. The van der Waals surface area contributed by atoms with E-state index in [1.165, 1.54) is 11.8 Å². The molecule has 1 aliphatic heterocycles. The minimum atomic E-state index is -4.23. The molecule has 0 bridgehead atoms. The van der Waals surface area contributed by atoms with Crippen molar-refractivity contribution in [3.8, 4) is 0 Å². The van der Waals surface area contributed by atoms with Gasteiger partial charge in [-0.2, -0.15) is 13.2 Å². The molecule has 1 unspecified atom stereocenters. The molecule has 0 aliphatic carbocycles. The van der Waals surface area contributed by atoms with Gasteiger partial charge >= 0.3 is 6.18 Å². The van der Waals surface area contributed by atoms with Crippen LogP contribution in [0.4, 0.5) is 13.2 Å². The molecule has 6 nitrogen and oxygen atoms in total.